The number of esters is 1. The molecule has 23 heavy (non-hydrogen) atoms. The zero-order valence-corrected chi connectivity index (χ0v) is 14.1. The molecular formula is C17H18N2O3S. The number of nitrogens with zero attached hydrogens (tertiary/aromatic N) is 2. The van der Waals surface area contributed by atoms with Crippen molar-refractivity contribution < 1.29 is 9.53 Å². The third-order valence-corrected chi connectivity index (χ3v) is 4.80. The van der Waals surface area contributed by atoms with Gasteiger partial charge in [0.25, 0.3) is 5.56 Å². The molecule has 0 atom stereocenters. The number of ether oxygens (including phenoxy) is 1. The van der Waals surface area contributed by atoms with Crippen LogP contribution in [0.3, 0.4) is 0 Å². The van der Waals surface area contributed by atoms with Crippen LogP contribution in [0.2, 0.25) is 0 Å². The lowest BCUT2D eigenvalue weighted by atomic mass is 10.0. The normalized spacial score (nSPS) is 11.5. The van der Waals surface area contributed by atoms with Crippen molar-refractivity contribution in [3.63, 3.8) is 0 Å². The summed E-state index contributed by atoms with van der Waals surface area (Å²) in [7, 11) is 0. The number of fused-ring (bicyclic) bond motifs is 3. The van der Waals surface area contributed by atoms with Gasteiger partial charge in [0.05, 0.1) is 12.3 Å². The largest absolute Gasteiger partial charge is 0.465 e. The van der Waals surface area contributed by atoms with E-state index < -0.39 is 5.97 Å². The molecule has 0 N–H and O–H groups in total. The Balaban J connectivity index is 2.29. The van der Waals surface area contributed by atoms with Gasteiger partial charge in [0.2, 0.25) is 0 Å². The van der Waals surface area contributed by atoms with E-state index in [1.165, 1.54) is 16.0 Å². The van der Waals surface area contributed by atoms with Gasteiger partial charge >= 0.3 is 5.97 Å². The molecule has 1 aromatic carbocycles. The molecule has 120 valence electrons. The summed E-state index contributed by atoms with van der Waals surface area (Å²) in [6.45, 7) is 5.94. The molecule has 2 aromatic heterocycles. The highest BCUT2D eigenvalue weighted by Gasteiger charge is 2.19. The van der Waals surface area contributed by atoms with E-state index in [0.717, 1.165) is 21.2 Å². The SMILES string of the molecule is CCOC(=O)Cn1nc(C(C)C)c2c(sc3ccccc32)c1=O. The van der Waals surface area contributed by atoms with Crippen LogP contribution in [0.15, 0.2) is 29.1 Å². The highest BCUT2D eigenvalue weighted by Crippen LogP contribution is 2.35. The summed E-state index contributed by atoms with van der Waals surface area (Å²) < 4.78 is 7.86. The molecule has 5 nitrogen and oxygen atoms in total. The number of carbonyl (C=O) groups is 1. The van der Waals surface area contributed by atoms with Crippen molar-refractivity contribution >= 4 is 37.5 Å². The molecule has 6 heteroatoms. The van der Waals surface area contributed by atoms with Crippen LogP contribution in [0.4, 0.5) is 0 Å². The van der Waals surface area contributed by atoms with Crippen molar-refractivity contribution in [3.05, 3.63) is 40.3 Å². The molecule has 0 saturated heterocycles. The molecule has 0 radical (unpaired) electrons. The summed E-state index contributed by atoms with van der Waals surface area (Å²) in [5.41, 5.74) is 0.597. The van der Waals surface area contributed by atoms with Crippen LogP contribution >= 0.6 is 11.3 Å². The molecule has 0 fully saturated rings. The Hall–Kier alpha value is -2.21. The van der Waals surface area contributed by atoms with Gasteiger partial charge in [0.1, 0.15) is 11.2 Å². The van der Waals surface area contributed by atoms with Gasteiger partial charge in [-0.05, 0) is 18.9 Å². The molecule has 3 aromatic rings. The predicted molar refractivity (Wildman–Crippen MR) is 92.1 cm³/mol. The van der Waals surface area contributed by atoms with Gasteiger partial charge in [-0.1, -0.05) is 32.0 Å². The van der Waals surface area contributed by atoms with Gasteiger partial charge in [-0.25, -0.2) is 4.68 Å². The van der Waals surface area contributed by atoms with Crippen LogP contribution in [-0.2, 0) is 16.1 Å². The first-order valence-corrected chi connectivity index (χ1v) is 8.42. The average molecular weight is 330 g/mol. The van der Waals surface area contributed by atoms with Crippen LogP contribution in [0.25, 0.3) is 20.2 Å². The number of rotatable bonds is 4. The van der Waals surface area contributed by atoms with E-state index in [0.29, 0.717) is 4.70 Å². The van der Waals surface area contributed by atoms with E-state index in [9.17, 15) is 9.59 Å². The smallest absolute Gasteiger partial charge is 0.327 e. The van der Waals surface area contributed by atoms with Crippen molar-refractivity contribution in [1.82, 2.24) is 9.78 Å². The fourth-order valence-corrected chi connectivity index (χ4v) is 3.79. The van der Waals surface area contributed by atoms with Gasteiger partial charge in [-0.3, -0.25) is 9.59 Å². The fourth-order valence-electron chi connectivity index (χ4n) is 2.63. The van der Waals surface area contributed by atoms with Gasteiger partial charge in [0, 0.05) is 15.5 Å². The number of hydrogen-bond donors (Lipinski definition) is 0. The number of benzene rings is 1. The molecule has 3 rings (SSSR count). The van der Waals surface area contributed by atoms with Crippen molar-refractivity contribution in [3.8, 4) is 0 Å². The Labute approximate surface area is 137 Å². The van der Waals surface area contributed by atoms with Crippen molar-refractivity contribution in [2.24, 2.45) is 0 Å². The predicted octanol–water partition coefficient (Wildman–Crippen LogP) is 3.30. The van der Waals surface area contributed by atoms with E-state index in [-0.39, 0.29) is 24.6 Å². The minimum Gasteiger partial charge on any atom is -0.465 e. The van der Waals surface area contributed by atoms with Crippen LogP contribution in [0.1, 0.15) is 32.4 Å². The monoisotopic (exact) mass is 330 g/mol. The van der Waals surface area contributed by atoms with Crippen molar-refractivity contribution in [2.75, 3.05) is 6.61 Å². The lowest BCUT2D eigenvalue weighted by Crippen LogP contribution is -2.28. The molecule has 0 aliphatic heterocycles. The maximum Gasteiger partial charge on any atom is 0.327 e. The Morgan fingerprint density at radius 3 is 2.78 bits per heavy atom. The lowest BCUT2D eigenvalue weighted by Gasteiger charge is -2.11. The number of thiophene rings is 1. The third kappa shape index (κ3) is 2.74. The minimum atomic E-state index is -0.447. The second-order valence-electron chi connectivity index (χ2n) is 5.61. The Morgan fingerprint density at radius 2 is 2.09 bits per heavy atom. The molecular weight excluding hydrogens is 312 g/mol. The maximum atomic E-state index is 12.7. The number of aromatic nitrogens is 2. The second kappa shape index (κ2) is 6.12. The topological polar surface area (TPSA) is 61.2 Å². The van der Waals surface area contributed by atoms with E-state index in [4.69, 9.17) is 4.74 Å². The Morgan fingerprint density at radius 1 is 1.35 bits per heavy atom. The first kappa shape index (κ1) is 15.7. The molecule has 0 amide bonds. The maximum absolute atomic E-state index is 12.7. The Kier molecular flexibility index (Phi) is 4.17. The minimum absolute atomic E-state index is 0.143. The number of hydrogen-bond acceptors (Lipinski definition) is 5. The standard InChI is InChI=1S/C17H18N2O3S/c1-4-22-13(20)9-19-17(21)16-14(15(18-19)10(2)3)11-7-5-6-8-12(11)23-16/h5-8,10H,4,9H2,1-3H3. The number of carbonyl (C=O) groups excluding carboxylic acids is 1. The Bertz CT molecular complexity index is 940. The van der Waals surface area contributed by atoms with Gasteiger partial charge < -0.3 is 4.74 Å². The quantitative estimate of drug-likeness (QED) is 0.689. The first-order valence-electron chi connectivity index (χ1n) is 7.60. The van der Waals surface area contributed by atoms with Crippen LogP contribution < -0.4 is 5.56 Å². The molecule has 0 spiro atoms. The fraction of sp³-hybridized carbons (Fsp3) is 0.353. The summed E-state index contributed by atoms with van der Waals surface area (Å²) in [5, 5.41) is 6.41. The third-order valence-electron chi connectivity index (χ3n) is 3.64. The summed E-state index contributed by atoms with van der Waals surface area (Å²) in [6, 6.07) is 7.93. The van der Waals surface area contributed by atoms with Crippen LogP contribution in [-0.4, -0.2) is 22.4 Å². The zero-order valence-electron chi connectivity index (χ0n) is 13.3. The van der Waals surface area contributed by atoms with E-state index >= 15 is 0 Å². The first-order chi connectivity index (χ1) is 11.0. The van der Waals surface area contributed by atoms with Gasteiger partial charge in [-0.15, -0.1) is 11.3 Å². The highest BCUT2D eigenvalue weighted by atomic mass is 32.1. The van der Waals surface area contributed by atoms with Crippen molar-refractivity contribution in [2.45, 2.75) is 33.2 Å². The van der Waals surface area contributed by atoms with Crippen molar-refractivity contribution in [1.29, 1.82) is 0 Å². The summed E-state index contributed by atoms with van der Waals surface area (Å²) in [6.07, 6.45) is 0. The highest BCUT2D eigenvalue weighted by molar-refractivity contribution is 7.25. The van der Waals surface area contributed by atoms with E-state index in [2.05, 4.69) is 5.10 Å². The molecule has 0 aliphatic carbocycles. The molecule has 0 aliphatic rings. The average Bonchev–Trinajstić information content (AvgIpc) is 2.90. The summed E-state index contributed by atoms with van der Waals surface area (Å²) in [5.74, 6) is -0.304. The lowest BCUT2D eigenvalue weighted by molar-refractivity contribution is -0.144. The summed E-state index contributed by atoms with van der Waals surface area (Å²) >= 11 is 1.45. The molecule has 0 saturated carbocycles. The summed E-state index contributed by atoms with van der Waals surface area (Å²) in [4.78, 5) is 24.5. The molecule has 0 bridgehead atoms. The van der Waals surface area contributed by atoms with E-state index in [1.54, 1.807) is 6.92 Å². The second-order valence-corrected chi connectivity index (χ2v) is 6.66. The van der Waals surface area contributed by atoms with Crippen LogP contribution in [0, 0.1) is 0 Å². The van der Waals surface area contributed by atoms with Crippen LogP contribution in [0.5, 0.6) is 0 Å². The van der Waals surface area contributed by atoms with Gasteiger partial charge in [0.15, 0.2) is 0 Å². The van der Waals surface area contributed by atoms with E-state index in [1.807, 2.05) is 38.1 Å². The van der Waals surface area contributed by atoms with Gasteiger partial charge in [-0.2, -0.15) is 5.10 Å². The molecule has 2 heterocycles. The zero-order chi connectivity index (χ0) is 16.6. The molecule has 0 unspecified atom stereocenters.